The maximum Gasteiger partial charge on any atom is 0.193 e. The molecule has 2 heterocycles. The number of anilines is 1. The van der Waals surface area contributed by atoms with Crippen LogP contribution in [0, 0.1) is 0 Å². The van der Waals surface area contributed by atoms with Crippen molar-refractivity contribution in [2.45, 2.75) is 31.9 Å². The molecule has 168 valence electrons. The van der Waals surface area contributed by atoms with Gasteiger partial charge in [0.25, 0.3) is 0 Å². The average Bonchev–Trinajstić information content (AvgIpc) is 2.73. The highest BCUT2D eigenvalue weighted by Crippen LogP contribution is 2.23. The lowest BCUT2D eigenvalue weighted by Gasteiger charge is -2.39. The van der Waals surface area contributed by atoms with Crippen molar-refractivity contribution in [2.24, 2.45) is 4.99 Å². The van der Waals surface area contributed by atoms with E-state index in [1.165, 1.54) is 5.69 Å². The second-order valence-corrected chi connectivity index (χ2v) is 11.5. The highest BCUT2D eigenvalue weighted by Gasteiger charge is 2.40. The van der Waals surface area contributed by atoms with E-state index in [0.29, 0.717) is 13.1 Å². The van der Waals surface area contributed by atoms with E-state index in [1.807, 2.05) is 20.8 Å². The molecule has 2 fully saturated rings. The number of nitrogens with zero attached hydrogens (tertiary/aromatic N) is 4. The number of aliphatic imine (C=N–C) groups is 1. The lowest BCUT2D eigenvalue weighted by Crippen LogP contribution is -2.57. The number of piperazine rings is 1. The summed E-state index contributed by atoms with van der Waals surface area (Å²) in [5, 5.41) is 3.34. The molecule has 3 rings (SSSR count). The minimum atomic E-state index is -3.04. The Balaban J connectivity index is 1.45. The van der Waals surface area contributed by atoms with Gasteiger partial charge in [0.15, 0.2) is 15.8 Å². The molecule has 7 nitrogen and oxygen atoms in total. The van der Waals surface area contributed by atoms with Gasteiger partial charge in [-0.15, -0.1) is 0 Å². The van der Waals surface area contributed by atoms with Crippen molar-refractivity contribution in [1.82, 2.24) is 15.1 Å². The molecular formula is C22H37N5O2S. The molecule has 1 N–H and O–H groups in total. The fourth-order valence-electron chi connectivity index (χ4n) is 4.10. The van der Waals surface area contributed by atoms with Crippen LogP contribution in [0.3, 0.4) is 0 Å². The molecule has 0 saturated carbocycles. The monoisotopic (exact) mass is 435 g/mol. The number of benzene rings is 1. The molecule has 0 radical (unpaired) electrons. The maximum absolute atomic E-state index is 12.3. The summed E-state index contributed by atoms with van der Waals surface area (Å²) in [6.07, 6.45) is 1.01. The third-order valence-electron chi connectivity index (χ3n) is 6.07. The Morgan fingerprint density at radius 3 is 2.43 bits per heavy atom. The summed E-state index contributed by atoms with van der Waals surface area (Å²) in [7, 11) is -3.04. The average molecular weight is 436 g/mol. The summed E-state index contributed by atoms with van der Waals surface area (Å²) in [6, 6.07) is 10.6. The van der Waals surface area contributed by atoms with Crippen LogP contribution in [0.1, 0.15) is 27.2 Å². The fraction of sp³-hybridized carbons (Fsp3) is 0.682. The Morgan fingerprint density at radius 2 is 1.80 bits per heavy atom. The zero-order valence-electron chi connectivity index (χ0n) is 18.7. The highest BCUT2D eigenvalue weighted by molar-refractivity contribution is 7.92. The summed E-state index contributed by atoms with van der Waals surface area (Å²) in [5.74, 6) is 1.03. The Kier molecular flexibility index (Phi) is 7.63. The minimum absolute atomic E-state index is 0.191. The number of guanidine groups is 1. The van der Waals surface area contributed by atoms with Crippen LogP contribution < -0.4 is 10.2 Å². The van der Waals surface area contributed by atoms with Gasteiger partial charge in [-0.2, -0.15) is 0 Å². The van der Waals surface area contributed by atoms with Crippen molar-refractivity contribution in [2.75, 3.05) is 69.6 Å². The van der Waals surface area contributed by atoms with Gasteiger partial charge in [-0.05, 0) is 39.3 Å². The predicted molar refractivity (Wildman–Crippen MR) is 125 cm³/mol. The molecule has 2 aliphatic rings. The molecule has 8 heteroatoms. The van der Waals surface area contributed by atoms with Gasteiger partial charge in [-0.3, -0.25) is 9.89 Å². The second kappa shape index (κ2) is 10.0. The number of para-hydroxylation sites is 1. The van der Waals surface area contributed by atoms with E-state index in [9.17, 15) is 8.42 Å². The number of sulfone groups is 1. The fourth-order valence-corrected chi connectivity index (χ4v) is 5.46. The number of hydrogen-bond donors (Lipinski definition) is 1. The molecule has 0 atom stereocenters. The van der Waals surface area contributed by atoms with Gasteiger partial charge in [0.05, 0.1) is 10.5 Å². The van der Waals surface area contributed by atoms with E-state index in [0.717, 1.165) is 58.2 Å². The third-order valence-corrected chi connectivity index (χ3v) is 8.60. The summed E-state index contributed by atoms with van der Waals surface area (Å²) in [4.78, 5) is 11.9. The first-order valence-corrected chi connectivity index (χ1v) is 12.8. The van der Waals surface area contributed by atoms with Crippen LogP contribution >= 0.6 is 0 Å². The second-order valence-electron chi connectivity index (χ2n) is 8.75. The molecule has 30 heavy (non-hydrogen) atoms. The van der Waals surface area contributed by atoms with Crippen molar-refractivity contribution in [3.05, 3.63) is 30.3 Å². The SMILES string of the molecule is CCNC(=NCCCN1CCN(c2ccccc2)CC1)N1CCS(=O)(=O)C(C)(C)C1. The topological polar surface area (TPSA) is 68.2 Å². The van der Waals surface area contributed by atoms with Gasteiger partial charge >= 0.3 is 0 Å². The Bertz CT molecular complexity index is 802. The third kappa shape index (κ3) is 5.66. The molecule has 0 aliphatic carbocycles. The van der Waals surface area contributed by atoms with Gasteiger partial charge in [-0.25, -0.2) is 8.42 Å². The summed E-state index contributed by atoms with van der Waals surface area (Å²) in [6.45, 7) is 13.5. The van der Waals surface area contributed by atoms with Crippen molar-refractivity contribution >= 4 is 21.5 Å². The lowest BCUT2D eigenvalue weighted by atomic mass is 10.2. The van der Waals surface area contributed by atoms with E-state index in [-0.39, 0.29) is 5.75 Å². The minimum Gasteiger partial charge on any atom is -0.369 e. The van der Waals surface area contributed by atoms with Crippen LogP contribution in [0.15, 0.2) is 35.3 Å². The lowest BCUT2D eigenvalue weighted by molar-refractivity contribution is 0.256. The summed E-state index contributed by atoms with van der Waals surface area (Å²) >= 11 is 0. The standard InChI is InChI=1S/C22H37N5O2S/c1-4-23-21(27-17-18-30(28,29)22(2,3)19-27)24-11-8-12-25-13-15-26(16-14-25)20-9-6-5-7-10-20/h5-7,9-10H,4,8,11-19H2,1-3H3,(H,23,24). The quantitative estimate of drug-likeness (QED) is 0.417. The zero-order chi connectivity index (χ0) is 21.6. The summed E-state index contributed by atoms with van der Waals surface area (Å²) in [5.41, 5.74) is 1.31. The normalized spacial score (nSPS) is 22.2. The molecular weight excluding hydrogens is 398 g/mol. The molecule has 2 saturated heterocycles. The number of hydrogen-bond acceptors (Lipinski definition) is 5. The van der Waals surface area contributed by atoms with Gasteiger partial charge in [0, 0.05) is 64.6 Å². The van der Waals surface area contributed by atoms with Gasteiger partial charge in [0.2, 0.25) is 0 Å². The predicted octanol–water partition coefficient (Wildman–Crippen LogP) is 1.67. The van der Waals surface area contributed by atoms with Crippen molar-refractivity contribution in [3.8, 4) is 0 Å². The molecule has 0 spiro atoms. The van der Waals surface area contributed by atoms with Gasteiger partial charge < -0.3 is 15.1 Å². The van der Waals surface area contributed by atoms with Gasteiger partial charge in [0.1, 0.15) is 0 Å². The van der Waals surface area contributed by atoms with Crippen LogP contribution in [0.4, 0.5) is 5.69 Å². The molecule has 0 aromatic heterocycles. The first kappa shape index (κ1) is 22.9. The molecule has 0 amide bonds. The zero-order valence-corrected chi connectivity index (χ0v) is 19.5. The Labute approximate surface area is 182 Å². The summed E-state index contributed by atoms with van der Waals surface area (Å²) < 4.78 is 23.8. The number of nitrogens with one attached hydrogen (secondary N) is 1. The van der Waals surface area contributed by atoms with Crippen LogP contribution in [-0.4, -0.2) is 93.6 Å². The van der Waals surface area contributed by atoms with Crippen molar-refractivity contribution in [3.63, 3.8) is 0 Å². The Morgan fingerprint density at radius 1 is 1.10 bits per heavy atom. The van der Waals surface area contributed by atoms with Crippen LogP contribution in [0.25, 0.3) is 0 Å². The first-order chi connectivity index (χ1) is 14.3. The molecule has 0 bridgehead atoms. The first-order valence-electron chi connectivity index (χ1n) is 11.1. The molecule has 1 aromatic carbocycles. The van der Waals surface area contributed by atoms with E-state index in [1.54, 1.807) is 0 Å². The van der Waals surface area contributed by atoms with Crippen LogP contribution in [0.2, 0.25) is 0 Å². The number of rotatable bonds is 6. The van der Waals surface area contributed by atoms with E-state index >= 15 is 0 Å². The largest absolute Gasteiger partial charge is 0.369 e. The van der Waals surface area contributed by atoms with Crippen molar-refractivity contribution < 1.29 is 8.42 Å². The maximum atomic E-state index is 12.3. The van der Waals surface area contributed by atoms with Crippen LogP contribution in [0.5, 0.6) is 0 Å². The molecule has 1 aromatic rings. The Hall–Kier alpha value is -1.80. The van der Waals surface area contributed by atoms with Gasteiger partial charge in [-0.1, -0.05) is 18.2 Å². The molecule has 2 aliphatic heterocycles. The highest BCUT2D eigenvalue weighted by atomic mass is 32.2. The molecule has 0 unspecified atom stereocenters. The van der Waals surface area contributed by atoms with Crippen LogP contribution in [-0.2, 0) is 9.84 Å². The van der Waals surface area contributed by atoms with E-state index in [2.05, 4.69) is 50.3 Å². The van der Waals surface area contributed by atoms with E-state index < -0.39 is 14.6 Å². The van der Waals surface area contributed by atoms with Crippen molar-refractivity contribution in [1.29, 1.82) is 0 Å². The smallest absolute Gasteiger partial charge is 0.193 e. The van der Waals surface area contributed by atoms with E-state index in [4.69, 9.17) is 4.99 Å².